The summed E-state index contributed by atoms with van der Waals surface area (Å²) in [6, 6.07) is 16.7. The van der Waals surface area contributed by atoms with E-state index in [4.69, 9.17) is 16.3 Å². The van der Waals surface area contributed by atoms with Crippen molar-refractivity contribution in [3.63, 3.8) is 0 Å². The van der Waals surface area contributed by atoms with Crippen LogP contribution in [0.5, 0.6) is 0 Å². The van der Waals surface area contributed by atoms with Gasteiger partial charge >= 0.3 is 7.59 Å². The molecule has 1 fully saturated rings. The van der Waals surface area contributed by atoms with Gasteiger partial charge in [-0.05, 0) is 36.4 Å². The summed E-state index contributed by atoms with van der Waals surface area (Å²) in [4.78, 5) is 0. The van der Waals surface area contributed by atoms with Crippen molar-refractivity contribution in [2.75, 3.05) is 36.8 Å². The molecule has 3 N–H and O–H groups in total. The number of nitrogens with zero attached hydrogens (tertiary/aromatic N) is 1. The van der Waals surface area contributed by atoms with Gasteiger partial charge in [0.15, 0.2) is 0 Å². The van der Waals surface area contributed by atoms with Crippen molar-refractivity contribution in [3.05, 3.63) is 59.6 Å². The molecular formula is C16H20ClN4O2P. The van der Waals surface area contributed by atoms with E-state index in [1.807, 2.05) is 35.0 Å². The van der Waals surface area contributed by atoms with Gasteiger partial charge in [-0.15, -0.1) is 0 Å². The number of anilines is 2. The lowest BCUT2D eigenvalue weighted by Crippen LogP contribution is -2.41. The molecule has 0 saturated carbocycles. The lowest BCUT2D eigenvalue weighted by Gasteiger charge is -2.35. The summed E-state index contributed by atoms with van der Waals surface area (Å²) in [5.74, 6) is 0. The van der Waals surface area contributed by atoms with Crippen LogP contribution in [-0.2, 0) is 9.30 Å². The number of halogens is 1. The van der Waals surface area contributed by atoms with Crippen molar-refractivity contribution in [2.24, 2.45) is 0 Å². The van der Waals surface area contributed by atoms with Gasteiger partial charge in [0.1, 0.15) is 0 Å². The minimum atomic E-state index is -3.10. The number of nitrogens with one attached hydrogen (secondary N) is 3. The van der Waals surface area contributed by atoms with Crippen LogP contribution in [0.15, 0.2) is 54.6 Å². The van der Waals surface area contributed by atoms with Crippen molar-refractivity contribution in [1.29, 1.82) is 0 Å². The van der Waals surface area contributed by atoms with E-state index in [0.717, 1.165) is 11.4 Å². The highest BCUT2D eigenvalue weighted by Crippen LogP contribution is 2.45. The van der Waals surface area contributed by atoms with Gasteiger partial charge in [0.05, 0.1) is 13.2 Å². The largest absolute Gasteiger partial charge is 0.379 e. The molecule has 8 heteroatoms. The second kappa shape index (κ2) is 8.01. The first-order valence-electron chi connectivity index (χ1n) is 7.71. The molecule has 1 unspecified atom stereocenters. The third-order valence-electron chi connectivity index (χ3n) is 3.64. The molecular weight excluding hydrogens is 347 g/mol. The summed E-state index contributed by atoms with van der Waals surface area (Å²) < 4.78 is 20.8. The van der Waals surface area contributed by atoms with E-state index < -0.39 is 7.59 Å². The number of para-hydroxylation sites is 1. The second-order valence-electron chi connectivity index (χ2n) is 5.36. The Hall–Kier alpha value is -1.56. The smallest absolute Gasteiger partial charge is 0.323 e. The molecule has 0 bridgehead atoms. The molecule has 24 heavy (non-hydrogen) atoms. The first-order chi connectivity index (χ1) is 11.7. The highest BCUT2D eigenvalue weighted by Gasteiger charge is 2.32. The number of hydrogen-bond donors (Lipinski definition) is 3. The van der Waals surface area contributed by atoms with Gasteiger partial charge < -0.3 is 15.2 Å². The Kier molecular flexibility index (Phi) is 5.76. The van der Waals surface area contributed by atoms with Crippen LogP contribution in [0.4, 0.5) is 11.4 Å². The van der Waals surface area contributed by atoms with Crippen LogP contribution in [0.3, 0.4) is 0 Å². The molecule has 2 aromatic carbocycles. The van der Waals surface area contributed by atoms with Crippen molar-refractivity contribution < 1.29 is 9.30 Å². The SMILES string of the molecule is O=P(NNc1ccccc1)(Nc1ccc(Cl)cc1)N1CCOCC1. The Balaban J connectivity index is 1.77. The molecule has 128 valence electrons. The van der Waals surface area contributed by atoms with E-state index in [1.165, 1.54) is 0 Å². The standard InChI is InChI=1S/C16H20ClN4O2P/c17-14-6-8-16(9-7-14)19-24(22,21-10-12-23-13-11-21)20-18-15-4-2-1-3-5-15/h1-9,18H,10-13H2,(H2,19,20,22). The van der Waals surface area contributed by atoms with Crippen molar-refractivity contribution in [1.82, 2.24) is 9.87 Å². The molecule has 0 aliphatic carbocycles. The molecule has 1 aliphatic rings. The topological polar surface area (TPSA) is 65.6 Å². The summed E-state index contributed by atoms with van der Waals surface area (Å²) in [6.07, 6.45) is 0. The molecule has 2 aromatic rings. The van der Waals surface area contributed by atoms with Crippen molar-refractivity contribution in [3.8, 4) is 0 Å². The number of rotatable bonds is 6. The minimum Gasteiger partial charge on any atom is -0.379 e. The maximum absolute atomic E-state index is 13.5. The zero-order valence-corrected chi connectivity index (χ0v) is 14.8. The van der Waals surface area contributed by atoms with E-state index in [1.54, 1.807) is 24.3 Å². The van der Waals surface area contributed by atoms with E-state index in [2.05, 4.69) is 15.7 Å². The third-order valence-corrected chi connectivity index (χ3v) is 6.06. The van der Waals surface area contributed by atoms with E-state index >= 15 is 0 Å². The summed E-state index contributed by atoms with van der Waals surface area (Å²) in [7, 11) is -3.10. The number of hydrogen-bond acceptors (Lipinski definition) is 3. The highest BCUT2D eigenvalue weighted by atomic mass is 35.5. The predicted molar refractivity (Wildman–Crippen MR) is 98.3 cm³/mol. The van der Waals surface area contributed by atoms with Gasteiger partial charge in [-0.1, -0.05) is 29.8 Å². The van der Waals surface area contributed by atoms with Gasteiger partial charge in [0.2, 0.25) is 0 Å². The molecule has 0 aromatic heterocycles. The summed E-state index contributed by atoms with van der Waals surface area (Å²) in [5.41, 5.74) is 4.60. The normalized spacial score (nSPS) is 17.9. The fourth-order valence-electron chi connectivity index (χ4n) is 2.37. The fourth-order valence-corrected chi connectivity index (χ4v) is 4.34. The van der Waals surface area contributed by atoms with Crippen molar-refractivity contribution in [2.45, 2.75) is 0 Å². The van der Waals surface area contributed by atoms with Crippen LogP contribution in [-0.4, -0.2) is 31.0 Å². The first kappa shape index (κ1) is 17.3. The Bertz CT molecular complexity index is 693. The maximum Gasteiger partial charge on any atom is 0.323 e. The number of ether oxygens (including phenoxy) is 1. The van der Waals surface area contributed by atoms with Gasteiger partial charge in [-0.3, -0.25) is 4.57 Å². The van der Waals surface area contributed by atoms with Gasteiger partial charge in [-0.2, -0.15) is 5.20 Å². The Labute approximate surface area is 146 Å². The molecule has 0 spiro atoms. The minimum absolute atomic E-state index is 0.555. The number of benzene rings is 2. The lowest BCUT2D eigenvalue weighted by molar-refractivity contribution is 0.0718. The van der Waals surface area contributed by atoms with Crippen molar-refractivity contribution >= 4 is 30.6 Å². The third kappa shape index (κ3) is 4.50. The predicted octanol–water partition coefficient (Wildman–Crippen LogP) is 3.81. The highest BCUT2D eigenvalue weighted by molar-refractivity contribution is 7.61. The summed E-state index contributed by atoms with van der Waals surface area (Å²) in [5, 5.41) is 6.73. The second-order valence-corrected chi connectivity index (χ2v) is 7.96. The molecule has 1 heterocycles. The molecule has 3 rings (SSSR count). The average molecular weight is 367 g/mol. The number of morpholine rings is 1. The molecule has 1 aliphatic heterocycles. The van der Waals surface area contributed by atoms with Gasteiger partial charge in [0, 0.05) is 29.5 Å². The van der Waals surface area contributed by atoms with Crippen LogP contribution >= 0.6 is 19.2 Å². The van der Waals surface area contributed by atoms with Gasteiger partial charge in [0.25, 0.3) is 0 Å². The summed E-state index contributed by atoms with van der Waals surface area (Å²) in [6.45, 7) is 2.28. The zero-order chi connectivity index (χ0) is 16.8. The lowest BCUT2D eigenvalue weighted by atomic mass is 10.3. The zero-order valence-electron chi connectivity index (χ0n) is 13.1. The van der Waals surface area contributed by atoms with Crippen LogP contribution in [0, 0.1) is 0 Å². The molecule has 0 amide bonds. The first-order valence-corrected chi connectivity index (χ1v) is 9.75. The number of hydrazine groups is 1. The Morgan fingerprint density at radius 3 is 2.29 bits per heavy atom. The Morgan fingerprint density at radius 1 is 0.958 bits per heavy atom. The van der Waals surface area contributed by atoms with Gasteiger partial charge in [-0.25, -0.2) is 4.67 Å². The fraction of sp³-hybridized carbons (Fsp3) is 0.250. The maximum atomic E-state index is 13.5. The monoisotopic (exact) mass is 366 g/mol. The van der Waals surface area contributed by atoms with E-state index in [0.29, 0.717) is 31.3 Å². The van der Waals surface area contributed by atoms with Crippen LogP contribution in [0.2, 0.25) is 5.02 Å². The van der Waals surface area contributed by atoms with E-state index in [9.17, 15) is 4.57 Å². The molecule has 6 nitrogen and oxygen atoms in total. The summed E-state index contributed by atoms with van der Waals surface area (Å²) >= 11 is 5.92. The average Bonchev–Trinajstić information content (AvgIpc) is 2.64. The van der Waals surface area contributed by atoms with Crippen LogP contribution in [0.25, 0.3) is 0 Å². The van der Waals surface area contributed by atoms with E-state index in [-0.39, 0.29) is 0 Å². The molecule has 1 atom stereocenters. The molecule has 0 radical (unpaired) electrons. The quantitative estimate of drug-likeness (QED) is 0.533. The van der Waals surface area contributed by atoms with Crippen LogP contribution in [0.1, 0.15) is 0 Å². The Morgan fingerprint density at radius 2 is 1.62 bits per heavy atom. The molecule has 1 saturated heterocycles. The van der Waals surface area contributed by atoms with Crippen LogP contribution < -0.4 is 15.7 Å².